The first-order chi connectivity index (χ1) is 24.0. The summed E-state index contributed by atoms with van der Waals surface area (Å²) in [5.41, 5.74) is -2.35. The highest BCUT2D eigenvalue weighted by Gasteiger charge is 2.62. The summed E-state index contributed by atoms with van der Waals surface area (Å²) >= 11 is 0. The molecular formula is C35H48N6O9S. The van der Waals surface area contributed by atoms with Gasteiger partial charge in [-0.2, -0.15) is 0 Å². The minimum atomic E-state index is -3.90. The highest BCUT2D eigenvalue weighted by atomic mass is 32.2. The molecule has 6 atom stereocenters. The van der Waals surface area contributed by atoms with Gasteiger partial charge < -0.3 is 35.1 Å². The maximum Gasteiger partial charge on any atom is 0.315 e. The summed E-state index contributed by atoms with van der Waals surface area (Å²) in [6.07, 6.45) is 3.45. The summed E-state index contributed by atoms with van der Waals surface area (Å²) < 4.78 is 44.3. The van der Waals surface area contributed by atoms with Crippen LogP contribution in [0.4, 0.5) is 4.79 Å². The van der Waals surface area contributed by atoms with Crippen molar-refractivity contribution in [3.8, 4) is 11.6 Å². The lowest BCUT2D eigenvalue weighted by molar-refractivity contribution is -0.142. The first-order valence-corrected chi connectivity index (χ1v) is 18.5. The molecule has 51 heavy (non-hydrogen) atoms. The average molecular weight is 729 g/mol. The number of aromatic nitrogens is 1. The number of hydrogen-bond acceptors (Lipinski definition) is 10. The average Bonchev–Trinajstić information content (AvgIpc) is 3.99. The van der Waals surface area contributed by atoms with Crippen LogP contribution in [0.25, 0.3) is 10.8 Å². The highest BCUT2D eigenvalue weighted by Crippen LogP contribution is 2.45. The Labute approximate surface area is 298 Å². The number of nitrogens with zero attached hydrogens (tertiary/aromatic N) is 2. The standard InChI is InChI=1S/C35H48N6O9S/c1-8-22-17-35(22,32(44)40-51(46,47)25-10-11-25)39-29(42)27-16-24(50-30-26-12-9-23(49-7)15-21(26)13-14-36-30)18-41(27)31(43)28(34(3,4)5)38-33(45)37-20(2)19-48-6/h8-9,12-15,20,22,24-25,27-28H,1,10-11,16-19H2,2-7H3,(H,39,42)(H,40,44)(H2,37,38,45)/t20-,22+,24-,27-,28-,35+/m1/s1. The van der Waals surface area contributed by atoms with Gasteiger partial charge in [-0.15, -0.1) is 6.58 Å². The Morgan fingerprint density at radius 2 is 1.86 bits per heavy atom. The molecule has 2 aliphatic carbocycles. The lowest BCUT2D eigenvalue weighted by atomic mass is 9.85. The van der Waals surface area contributed by atoms with Gasteiger partial charge in [0.15, 0.2) is 0 Å². The molecule has 2 saturated carbocycles. The molecule has 0 unspecified atom stereocenters. The van der Waals surface area contributed by atoms with Gasteiger partial charge in [0.1, 0.15) is 29.5 Å². The van der Waals surface area contributed by atoms with Crippen LogP contribution in [0.2, 0.25) is 0 Å². The topological polar surface area (TPSA) is 194 Å². The first-order valence-electron chi connectivity index (χ1n) is 17.0. The molecule has 0 spiro atoms. The second kappa shape index (κ2) is 14.7. The molecule has 0 radical (unpaired) electrons. The number of sulfonamides is 1. The van der Waals surface area contributed by atoms with Gasteiger partial charge in [0.25, 0.3) is 5.91 Å². The number of nitrogens with one attached hydrogen (secondary N) is 4. The van der Waals surface area contributed by atoms with E-state index in [1.165, 1.54) is 18.1 Å². The number of carbonyl (C=O) groups is 4. The van der Waals surface area contributed by atoms with Crippen molar-refractivity contribution in [1.82, 2.24) is 30.6 Å². The van der Waals surface area contributed by atoms with E-state index < -0.39 is 74.1 Å². The molecule has 16 heteroatoms. The van der Waals surface area contributed by atoms with Crippen molar-refractivity contribution >= 4 is 44.5 Å². The zero-order valence-electron chi connectivity index (χ0n) is 29.9. The van der Waals surface area contributed by atoms with Gasteiger partial charge in [0.05, 0.1) is 31.6 Å². The molecule has 4 N–H and O–H groups in total. The predicted molar refractivity (Wildman–Crippen MR) is 188 cm³/mol. The molecule has 278 valence electrons. The second-order valence-corrected chi connectivity index (χ2v) is 16.6. The second-order valence-electron chi connectivity index (χ2n) is 14.6. The maximum absolute atomic E-state index is 14.5. The summed E-state index contributed by atoms with van der Waals surface area (Å²) in [6.45, 7) is 11.1. The van der Waals surface area contributed by atoms with E-state index in [0.29, 0.717) is 29.9 Å². The number of rotatable bonds is 14. The predicted octanol–water partition coefficient (Wildman–Crippen LogP) is 2.01. The fourth-order valence-corrected chi connectivity index (χ4v) is 7.77. The molecule has 1 aromatic heterocycles. The third-order valence-corrected chi connectivity index (χ3v) is 11.3. The van der Waals surface area contributed by atoms with Crippen molar-refractivity contribution < 1.29 is 41.8 Å². The number of hydrogen-bond donors (Lipinski definition) is 4. The van der Waals surface area contributed by atoms with Crippen LogP contribution >= 0.6 is 0 Å². The highest BCUT2D eigenvalue weighted by molar-refractivity contribution is 7.91. The summed E-state index contributed by atoms with van der Waals surface area (Å²) in [7, 11) is -0.818. The van der Waals surface area contributed by atoms with E-state index >= 15 is 0 Å². The molecule has 1 aliphatic heterocycles. The smallest absolute Gasteiger partial charge is 0.315 e. The van der Waals surface area contributed by atoms with Crippen LogP contribution in [0.5, 0.6) is 11.6 Å². The first kappa shape index (κ1) is 37.8. The van der Waals surface area contributed by atoms with Crippen LogP contribution in [-0.2, 0) is 29.1 Å². The Morgan fingerprint density at radius 1 is 1.14 bits per heavy atom. The molecule has 2 heterocycles. The van der Waals surface area contributed by atoms with Crippen molar-refractivity contribution in [1.29, 1.82) is 0 Å². The minimum Gasteiger partial charge on any atom is -0.497 e. The third kappa shape index (κ3) is 8.38. The number of amides is 5. The fourth-order valence-electron chi connectivity index (χ4n) is 6.40. The van der Waals surface area contributed by atoms with E-state index in [4.69, 9.17) is 14.2 Å². The summed E-state index contributed by atoms with van der Waals surface area (Å²) in [5.74, 6) is -1.63. The molecule has 1 saturated heterocycles. The molecular weight excluding hydrogens is 680 g/mol. The number of methoxy groups -OCH3 is 2. The van der Waals surface area contributed by atoms with Crippen LogP contribution in [-0.4, -0.2) is 104 Å². The molecule has 5 amide bonds. The van der Waals surface area contributed by atoms with Gasteiger partial charge in [-0.3, -0.25) is 19.1 Å². The van der Waals surface area contributed by atoms with Gasteiger partial charge in [0.2, 0.25) is 27.7 Å². The molecule has 1 aromatic carbocycles. The van der Waals surface area contributed by atoms with Gasteiger partial charge in [-0.25, -0.2) is 18.2 Å². The number of pyridine rings is 1. The number of ether oxygens (including phenoxy) is 3. The lowest BCUT2D eigenvalue weighted by Crippen LogP contribution is -2.61. The Kier molecular flexibility index (Phi) is 10.9. The van der Waals surface area contributed by atoms with E-state index in [9.17, 15) is 27.6 Å². The van der Waals surface area contributed by atoms with Crippen molar-refractivity contribution in [3.05, 3.63) is 43.1 Å². The largest absolute Gasteiger partial charge is 0.497 e. The number of carbonyl (C=O) groups excluding carboxylic acids is 4. The molecule has 3 aliphatic rings. The Hall–Kier alpha value is -4.44. The van der Waals surface area contributed by atoms with E-state index in [0.717, 1.165) is 5.39 Å². The van der Waals surface area contributed by atoms with Crippen molar-refractivity contribution in [2.24, 2.45) is 11.3 Å². The van der Waals surface area contributed by atoms with Crippen molar-refractivity contribution in [3.63, 3.8) is 0 Å². The SMILES string of the molecule is C=C[C@H]1C[C@@]1(NC(=O)[C@H]1C[C@@H](Oc2nccc3cc(OC)ccc23)CN1C(=O)[C@@H](NC(=O)N[C@H](C)COC)C(C)(C)C)C(=O)NS(=O)(=O)C1CC1. The van der Waals surface area contributed by atoms with Crippen LogP contribution in [0.15, 0.2) is 43.1 Å². The Bertz CT molecular complexity index is 1790. The van der Waals surface area contributed by atoms with Crippen LogP contribution < -0.4 is 30.1 Å². The molecule has 15 nitrogen and oxygen atoms in total. The van der Waals surface area contributed by atoms with E-state index in [1.807, 2.05) is 18.2 Å². The molecule has 2 aromatic rings. The minimum absolute atomic E-state index is 0.0244. The van der Waals surface area contributed by atoms with Gasteiger partial charge in [-0.05, 0) is 61.3 Å². The van der Waals surface area contributed by atoms with Crippen molar-refractivity contribution in [2.75, 3.05) is 27.4 Å². The molecule has 5 rings (SSSR count). The van der Waals surface area contributed by atoms with Crippen LogP contribution in [0.1, 0.15) is 53.4 Å². The Morgan fingerprint density at radius 3 is 2.47 bits per heavy atom. The number of fused-ring (bicyclic) bond motifs is 1. The van der Waals surface area contributed by atoms with E-state index in [-0.39, 0.29) is 32.0 Å². The normalized spacial score (nSPS) is 24.2. The van der Waals surface area contributed by atoms with E-state index in [2.05, 4.69) is 32.2 Å². The monoisotopic (exact) mass is 728 g/mol. The van der Waals surface area contributed by atoms with Gasteiger partial charge in [0, 0.05) is 31.0 Å². The fraction of sp³-hybridized carbons (Fsp3) is 0.571. The van der Waals surface area contributed by atoms with Crippen LogP contribution in [0.3, 0.4) is 0 Å². The zero-order chi connectivity index (χ0) is 37.3. The maximum atomic E-state index is 14.5. The Balaban J connectivity index is 1.43. The quantitative estimate of drug-likeness (QED) is 0.209. The number of urea groups is 1. The lowest BCUT2D eigenvalue weighted by Gasteiger charge is -2.35. The summed E-state index contributed by atoms with van der Waals surface area (Å²) in [4.78, 5) is 60.9. The number of likely N-dealkylation sites (tertiary alicyclic amines) is 1. The van der Waals surface area contributed by atoms with E-state index in [1.54, 1.807) is 47.1 Å². The van der Waals surface area contributed by atoms with Crippen LogP contribution in [0, 0.1) is 11.3 Å². The molecule has 3 fully saturated rings. The third-order valence-electron chi connectivity index (χ3n) is 9.49. The van der Waals surface area contributed by atoms with Crippen molar-refractivity contribution in [2.45, 2.75) is 88.4 Å². The van der Waals surface area contributed by atoms with Gasteiger partial charge in [-0.1, -0.05) is 26.8 Å². The zero-order valence-corrected chi connectivity index (χ0v) is 30.7. The van der Waals surface area contributed by atoms with Gasteiger partial charge >= 0.3 is 6.03 Å². The summed E-state index contributed by atoms with van der Waals surface area (Å²) in [6, 6.07) is 4.07. The summed E-state index contributed by atoms with van der Waals surface area (Å²) in [5, 5.41) is 9.18. The number of benzene rings is 1. The molecule has 0 bridgehead atoms.